The van der Waals surface area contributed by atoms with Crippen molar-refractivity contribution in [1.29, 1.82) is 0 Å². The van der Waals surface area contributed by atoms with E-state index in [0.29, 0.717) is 5.92 Å². The second kappa shape index (κ2) is 2.44. The van der Waals surface area contributed by atoms with E-state index >= 15 is 0 Å². The number of aliphatic hydroxyl groups is 1. The second-order valence-corrected chi connectivity index (χ2v) is 5.81. The number of nitrogens with one attached hydrogen (secondary N) is 1. The van der Waals surface area contributed by atoms with Gasteiger partial charge in [-0.15, -0.1) is 0 Å². The number of fused-ring (bicyclic) bond motifs is 8. The summed E-state index contributed by atoms with van der Waals surface area (Å²) < 4.78 is 11.8. The topological polar surface area (TPSA) is 63.1 Å². The predicted octanol–water partition coefficient (Wildman–Crippen LogP) is 0.0500. The summed E-state index contributed by atoms with van der Waals surface area (Å²) in [5.74, 6) is -0.00757. The van der Waals surface area contributed by atoms with Gasteiger partial charge in [0.25, 0.3) is 0 Å². The number of rotatable bonds is 0. The lowest BCUT2D eigenvalue weighted by atomic mass is 9.80. The summed E-state index contributed by atoms with van der Waals surface area (Å²) in [7, 11) is 0. The van der Waals surface area contributed by atoms with E-state index in [2.05, 4.69) is 10.5 Å². The molecule has 0 amide bonds. The van der Waals surface area contributed by atoms with Gasteiger partial charge < -0.3 is 14.6 Å². The molecule has 2 aliphatic heterocycles. The van der Waals surface area contributed by atoms with Crippen LogP contribution in [0.3, 0.4) is 0 Å². The standard InChI is InChI=1S/C11H16N2O3/c1-10(2)15-8-5-3-6(9(8)16-10)11(14)7(5)4-12-13-11/h4-9,13-14H,3H2,1-2H3/t5-,6-,7-,8-,9+,11-/m1/s1. The van der Waals surface area contributed by atoms with Gasteiger partial charge in [0.15, 0.2) is 11.5 Å². The van der Waals surface area contributed by atoms with Crippen molar-refractivity contribution in [2.45, 2.75) is 44.0 Å². The molecule has 1 saturated heterocycles. The summed E-state index contributed by atoms with van der Waals surface area (Å²) >= 11 is 0. The van der Waals surface area contributed by atoms with Crippen molar-refractivity contribution in [2.75, 3.05) is 0 Å². The lowest BCUT2D eigenvalue weighted by Gasteiger charge is -2.37. The van der Waals surface area contributed by atoms with E-state index in [4.69, 9.17) is 9.47 Å². The molecule has 5 heteroatoms. The summed E-state index contributed by atoms with van der Waals surface area (Å²) in [6, 6.07) is 0. The Morgan fingerprint density at radius 1 is 1.38 bits per heavy atom. The van der Waals surface area contributed by atoms with Crippen LogP contribution in [-0.4, -0.2) is 35.0 Å². The fourth-order valence-corrected chi connectivity index (χ4v) is 3.98. The average Bonchev–Trinajstić information content (AvgIpc) is 2.79. The first-order valence-electron chi connectivity index (χ1n) is 5.90. The Hall–Kier alpha value is -0.650. The molecule has 2 bridgehead atoms. The summed E-state index contributed by atoms with van der Waals surface area (Å²) in [6.45, 7) is 3.87. The third-order valence-electron chi connectivity index (χ3n) is 4.52. The van der Waals surface area contributed by atoms with Crippen molar-refractivity contribution in [3.05, 3.63) is 0 Å². The van der Waals surface area contributed by atoms with Gasteiger partial charge in [0.2, 0.25) is 0 Å². The maximum Gasteiger partial charge on any atom is 0.164 e. The highest BCUT2D eigenvalue weighted by Gasteiger charge is 2.71. The maximum atomic E-state index is 10.6. The molecule has 0 unspecified atom stereocenters. The Bertz CT molecular complexity index is 383. The van der Waals surface area contributed by atoms with Crippen LogP contribution in [0.4, 0.5) is 0 Å². The minimum Gasteiger partial charge on any atom is -0.369 e. The molecule has 0 spiro atoms. The largest absolute Gasteiger partial charge is 0.369 e. The average molecular weight is 224 g/mol. The summed E-state index contributed by atoms with van der Waals surface area (Å²) in [5, 5.41) is 14.6. The summed E-state index contributed by atoms with van der Waals surface area (Å²) in [4.78, 5) is 0. The highest BCUT2D eigenvalue weighted by atomic mass is 16.8. The number of hydrazone groups is 1. The van der Waals surface area contributed by atoms with Crippen molar-refractivity contribution in [2.24, 2.45) is 22.9 Å². The van der Waals surface area contributed by atoms with Gasteiger partial charge in [-0.25, -0.2) is 0 Å². The molecule has 6 atom stereocenters. The Morgan fingerprint density at radius 2 is 2.12 bits per heavy atom. The minimum atomic E-state index is -0.893. The molecule has 88 valence electrons. The lowest BCUT2D eigenvalue weighted by Crippen LogP contribution is -2.57. The van der Waals surface area contributed by atoms with Crippen molar-refractivity contribution in [1.82, 2.24) is 5.43 Å². The van der Waals surface area contributed by atoms with Gasteiger partial charge >= 0.3 is 0 Å². The monoisotopic (exact) mass is 224 g/mol. The van der Waals surface area contributed by atoms with Crippen molar-refractivity contribution in [3.8, 4) is 0 Å². The zero-order chi connectivity index (χ0) is 11.1. The lowest BCUT2D eigenvalue weighted by molar-refractivity contribution is -0.163. The Balaban J connectivity index is 1.74. The van der Waals surface area contributed by atoms with Crippen molar-refractivity contribution < 1.29 is 14.6 Å². The molecule has 0 aromatic carbocycles. The molecule has 3 fully saturated rings. The van der Waals surface area contributed by atoms with Crippen LogP contribution >= 0.6 is 0 Å². The molecule has 0 aromatic heterocycles. The van der Waals surface area contributed by atoms with Gasteiger partial charge in [-0.1, -0.05) is 0 Å². The first-order valence-corrected chi connectivity index (χ1v) is 5.90. The number of hydrogen-bond donors (Lipinski definition) is 2. The summed E-state index contributed by atoms with van der Waals surface area (Å²) in [5.41, 5.74) is 1.96. The molecule has 2 saturated carbocycles. The Kier molecular flexibility index (Phi) is 1.43. The molecule has 5 nitrogen and oxygen atoms in total. The molecule has 2 heterocycles. The quantitative estimate of drug-likeness (QED) is 0.610. The molecule has 2 aliphatic carbocycles. The van der Waals surface area contributed by atoms with Crippen LogP contribution < -0.4 is 5.43 Å². The van der Waals surface area contributed by atoms with E-state index in [-0.39, 0.29) is 24.0 Å². The van der Waals surface area contributed by atoms with E-state index < -0.39 is 11.5 Å². The third kappa shape index (κ3) is 0.871. The number of ether oxygens (including phenoxy) is 2. The van der Waals surface area contributed by atoms with Crippen LogP contribution in [0.1, 0.15) is 20.3 Å². The first-order chi connectivity index (χ1) is 7.51. The normalized spacial score (nSPS) is 59.8. The van der Waals surface area contributed by atoms with E-state index in [1.165, 1.54) is 0 Å². The Labute approximate surface area is 93.8 Å². The smallest absolute Gasteiger partial charge is 0.164 e. The van der Waals surface area contributed by atoms with E-state index in [0.717, 1.165) is 6.42 Å². The molecule has 4 aliphatic rings. The van der Waals surface area contributed by atoms with E-state index in [1.54, 1.807) is 0 Å². The van der Waals surface area contributed by atoms with Gasteiger partial charge in [0, 0.05) is 18.1 Å². The SMILES string of the molecule is CC1(C)O[C@@H]2[C@@H]3C[C@H]([C@@H]2O1)[C@]1(O)NN=C[C@H]31. The molecular weight excluding hydrogens is 208 g/mol. The van der Waals surface area contributed by atoms with E-state index in [1.807, 2.05) is 20.1 Å². The molecule has 0 radical (unpaired) electrons. The molecule has 4 rings (SSSR count). The van der Waals surface area contributed by atoms with Crippen LogP contribution in [0.2, 0.25) is 0 Å². The number of hydrogen-bond acceptors (Lipinski definition) is 5. The highest BCUT2D eigenvalue weighted by molar-refractivity contribution is 5.67. The third-order valence-corrected chi connectivity index (χ3v) is 4.52. The number of nitrogens with zero attached hydrogens (tertiary/aromatic N) is 1. The van der Waals surface area contributed by atoms with Crippen molar-refractivity contribution >= 4 is 6.21 Å². The first kappa shape index (κ1) is 9.39. The second-order valence-electron chi connectivity index (χ2n) is 5.81. The molecule has 16 heavy (non-hydrogen) atoms. The molecular formula is C11H16N2O3. The van der Waals surface area contributed by atoms with Crippen LogP contribution in [0.25, 0.3) is 0 Å². The van der Waals surface area contributed by atoms with Gasteiger partial charge in [-0.2, -0.15) is 5.10 Å². The van der Waals surface area contributed by atoms with Gasteiger partial charge in [-0.05, 0) is 20.3 Å². The van der Waals surface area contributed by atoms with Crippen molar-refractivity contribution in [3.63, 3.8) is 0 Å². The van der Waals surface area contributed by atoms with Crippen LogP contribution in [0.15, 0.2) is 5.10 Å². The molecule has 2 N–H and O–H groups in total. The zero-order valence-corrected chi connectivity index (χ0v) is 9.38. The van der Waals surface area contributed by atoms with Gasteiger partial charge in [0.05, 0.1) is 18.1 Å². The predicted molar refractivity (Wildman–Crippen MR) is 55.5 cm³/mol. The fourth-order valence-electron chi connectivity index (χ4n) is 3.98. The van der Waals surface area contributed by atoms with Gasteiger partial charge in [0.1, 0.15) is 0 Å². The van der Waals surface area contributed by atoms with Gasteiger partial charge in [-0.3, -0.25) is 5.43 Å². The van der Waals surface area contributed by atoms with Crippen LogP contribution in [0, 0.1) is 17.8 Å². The van der Waals surface area contributed by atoms with E-state index in [9.17, 15) is 5.11 Å². The summed E-state index contributed by atoms with van der Waals surface area (Å²) in [6.07, 6.45) is 2.92. The van der Waals surface area contributed by atoms with Crippen LogP contribution in [-0.2, 0) is 9.47 Å². The Morgan fingerprint density at radius 3 is 2.94 bits per heavy atom. The maximum absolute atomic E-state index is 10.6. The minimum absolute atomic E-state index is 0.00968. The zero-order valence-electron chi connectivity index (χ0n) is 9.38. The highest BCUT2D eigenvalue weighted by Crippen LogP contribution is 2.59. The van der Waals surface area contributed by atoms with Crippen LogP contribution in [0.5, 0.6) is 0 Å². The molecule has 0 aromatic rings. The fraction of sp³-hybridized carbons (Fsp3) is 0.909.